The SMILES string of the molecule is CCC(CC)(NC(=O)CC1CCCCC1)/C(N)=N/O. The van der Waals surface area contributed by atoms with Crippen LogP contribution in [0.1, 0.15) is 65.2 Å². The smallest absolute Gasteiger partial charge is 0.221 e. The highest BCUT2D eigenvalue weighted by Crippen LogP contribution is 2.26. The van der Waals surface area contributed by atoms with Crippen molar-refractivity contribution in [1.82, 2.24) is 5.32 Å². The lowest BCUT2D eigenvalue weighted by atomic mass is 9.86. The van der Waals surface area contributed by atoms with E-state index in [0.717, 1.165) is 12.8 Å². The molecule has 0 atom stereocenters. The van der Waals surface area contributed by atoms with E-state index in [1.54, 1.807) is 0 Å². The molecule has 1 fully saturated rings. The number of carbonyl (C=O) groups excluding carboxylic acids is 1. The molecule has 0 aromatic carbocycles. The first-order chi connectivity index (χ1) is 9.07. The molecule has 110 valence electrons. The third kappa shape index (κ3) is 4.11. The number of nitrogens with one attached hydrogen (secondary N) is 1. The molecule has 5 nitrogen and oxygen atoms in total. The van der Waals surface area contributed by atoms with Crippen LogP contribution >= 0.6 is 0 Å². The van der Waals surface area contributed by atoms with Crippen molar-refractivity contribution in [3.05, 3.63) is 0 Å². The van der Waals surface area contributed by atoms with Gasteiger partial charge in [-0.1, -0.05) is 38.3 Å². The molecule has 4 N–H and O–H groups in total. The van der Waals surface area contributed by atoms with Crippen molar-refractivity contribution in [2.45, 2.75) is 70.8 Å². The second kappa shape index (κ2) is 7.36. The highest BCUT2D eigenvalue weighted by Gasteiger charge is 2.33. The van der Waals surface area contributed by atoms with Gasteiger partial charge in [-0.2, -0.15) is 0 Å². The van der Waals surface area contributed by atoms with Gasteiger partial charge in [-0.3, -0.25) is 4.79 Å². The van der Waals surface area contributed by atoms with Crippen molar-refractivity contribution in [3.63, 3.8) is 0 Å². The van der Waals surface area contributed by atoms with Crippen LogP contribution in [-0.2, 0) is 4.79 Å². The molecule has 0 aromatic heterocycles. The minimum Gasteiger partial charge on any atom is -0.409 e. The number of amidine groups is 1. The van der Waals surface area contributed by atoms with Crippen molar-refractivity contribution < 1.29 is 10.0 Å². The van der Waals surface area contributed by atoms with Gasteiger partial charge >= 0.3 is 0 Å². The third-order valence-corrected chi connectivity index (χ3v) is 4.38. The van der Waals surface area contributed by atoms with Crippen LogP contribution in [0.5, 0.6) is 0 Å². The molecule has 0 aliphatic heterocycles. The van der Waals surface area contributed by atoms with Crippen molar-refractivity contribution in [2.24, 2.45) is 16.8 Å². The molecule has 1 aliphatic carbocycles. The van der Waals surface area contributed by atoms with E-state index < -0.39 is 5.54 Å². The molecule has 1 amide bonds. The summed E-state index contributed by atoms with van der Waals surface area (Å²) in [4.78, 5) is 12.2. The maximum Gasteiger partial charge on any atom is 0.221 e. The largest absolute Gasteiger partial charge is 0.409 e. The van der Waals surface area contributed by atoms with E-state index in [0.29, 0.717) is 25.2 Å². The van der Waals surface area contributed by atoms with Gasteiger partial charge < -0.3 is 16.3 Å². The minimum atomic E-state index is -0.708. The Kier molecular flexibility index (Phi) is 6.12. The zero-order valence-electron chi connectivity index (χ0n) is 12.1. The fraction of sp³-hybridized carbons (Fsp3) is 0.857. The number of nitrogens with two attached hydrogens (primary N) is 1. The highest BCUT2D eigenvalue weighted by atomic mass is 16.4. The quantitative estimate of drug-likeness (QED) is 0.299. The van der Waals surface area contributed by atoms with Gasteiger partial charge in [0.15, 0.2) is 5.84 Å². The Bertz CT molecular complexity index is 319. The Labute approximate surface area is 115 Å². The summed E-state index contributed by atoms with van der Waals surface area (Å²) < 4.78 is 0. The van der Waals surface area contributed by atoms with Crippen LogP contribution in [0.2, 0.25) is 0 Å². The molecule has 0 heterocycles. The molecule has 1 rings (SSSR count). The second-order valence-corrected chi connectivity index (χ2v) is 5.53. The Morgan fingerprint density at radius 3 is 2.37 bits per heavy atom. The summed E-state index contributed by atoms with van der Waals surface area (Å²) in [7, 11) is 0. The summed E-state index contributed by atoms with van der Waals surface area (Å²) in [6, 6.07) is 0. The number of nitrogens with zero attached hydrogens (tertiary/aromatic N) is 1. The second-order valence-electron chi connectivity index (χ2n) is 5.53. The first-order valence-corrected chi connectivity index (χ1v) is 7.37. The van der Waals surface area contributed by atoms with Gasteiger partial charge in [-0.25, -0.2) is 0 Å². The normalized spacial score (nSPS) is 18.3. The summed E-state index contributed by atoms with van der Waals surface area (Å²) in [5, 5.41) is 14.9. The van der Waals surface area contributed by atoms with Crippen LogP contribution in [0.4, 0.5) is 0 Å². The summed E-state index contributed by atoms with van der Waals surface area (Å²) in [6.07, 6.45) is 7.82. The van der Waals surface area contributed by atoms with Gasteiger partial charge in [0.05, 0.1) is 0 Å². The van der Waals surface area contributed by atoms with Crippen LogP contribution in [0.25, 0.3) is 0 Å². The van der Waals surface area contributed by atoms with Crippen LogP contribution in [-0.4, -0.2) is 22.5 Å². The predicted octanol–water partition coefficient (Wildman–Crippen LogP) is 2.38. The molecular weight excluding hydrogens is 242 g/mol. The maximum absolute atomic E-state index is 12.2. The Hall–Kier alpha value is -1.26. The number of amides is 1. The van der Waals surface area contributed by atoms with E-state index in [9.17, 15) is 4.79 Å². The van der Waals surface area contributed by atoms with Crippen molar-refractivity contribution in [1.29, 1.82) is 0 Å². The summed E-state index contributed by atoms with van der Waals surface area (Å²) in [6.45, 7) is 3.87. The molecule has 0 radical (unpaired) electrons. The Balaban J connectivity index is 2.60. The van der Waals surface area contributed by atoms with Gasteiger partial charge in [0.2, 0.25) is 5.91 Å². The number of rotatable bonds is 6. The molecule has 0 saturated heterocycles. The maximum atomic E-state index is 12.2. The first kappa shape index (κ1) is 15.8. The van der Waals surface area contributed by atoms with E-state index in [-0.39, 0.29) is 11.7 Å². The van der Waals surface area contributed by atoms with E-state index in [1.165, 1.54) is 19.3 Å². The zero-order chi connectivity index (χ0) is 14.3. The topological polar surface area (TPSA) is 87.7 Å². The van der Waals surface area contributed by atoms with Crippen molar-refractivity contribution in [3.8, 4) is 0 Å². The lowest BCUT2D eigenvalue weighted by Gasteiger charge is -2.32. The van der Waals surface area contributed by atoms with Gasteiger partial charge in [0.1, 0.15) is 5.54 Å². The molecule has 0 unspecified atom stereocenters. The van der Waals surface area contributed by atoms with Crippen molar-refractivity contribution in [2.75, 3.05) is 0 Å². The van der Waals surface area contributed by atoms with Gasteiger partial charge in [-0.15, -0.1) is 0 Å². The lowest BCUT2D eigenvalue weighted by molar-refractivity contribution is -0.123. The van der Waals surface area contributed by atoms with Gasteiger partial charge in [-0.05, 0) is 31.6 Å². The number of hydrogen-bond donors (Lipinski definition) is 3. The molecule has 19 heavy (non-hydrogen) atoms. The number of oxime groups is 1. The average Bonchev–Trinajstić information content (AvgIpc) is 2.45. The monoisotopic (exact) mass is 269 g/mol. The molecule has 1 aliphatic rings. The van der Waals surface area contributed by atoms with Gasteiger partial charge in [0, 0.05) is 6.42 Å². The number of carbonyl (C=O) groups is 1. The Morgan fingerprint density at radius 2 is 1.89 bits per heavy atom. The molecule has 5 heteroatoms. The van der Waals surface area contributed by atoms with Gasteiger partial charge in [0.25, 0.3) is 0 Å². The highest BCUT2D eigenvalue weighted by molar-refractivity contribution is 5.93. The van der Waals surface area contributed by atoms with E-state index >= 15 is 0 Å². The number of hydrogen-bond acceptors (Lipinski definition) is 3. The van der Waals surface area contributed by atoms with E-state index in [4.69, 9.17) is 10.9 Å². The first-order valence-electron chi connectivity index (χ1n) is 7.37. The van der Waals surface area contributed by atoms with E-state index in [1.807, 2.05) is 13.8 Å². The third-order valence-electron chi connectivity index (χ3n) is 4.38. The summed E-state index contributed by atoms with van der Waals surface area (Å²) in [5.41, 5.74) is 5.03. The zero-order valence-corrected chi connectivity index (χ0v) is 12.1. The van der Waals surface area contributed by atoms with Crippen LogP contribution in [0.3, 0.4) is 0 Å². The molecule has 1 saturated carbocycles. The summed E-state index contributed by atoms with van der Waals surface area (Å²) >= 11 is 0. The molecular formula is C14H27N3O2. The lowest BCUT2D eigenvalue weighted by Crippen LogP contribution is -2.57. The van der Waals surface area contributed by atoms with Crippen LogP contribution < -0.4 is 11.1 Å². The standard InChI is InChI=1S/C14H27N3O2/c1-3-14(4-2,13(15)17-19)16-12(18)10-11-8-6-5-7-9-11/h11,19H,3-10H2,1-2H3,(H2,15,17)(H,16,18). The molecule has 0 spiro atoms. The van der Waals surface area contributed by atoms with Crippen LogP contribution in [0, 0.1) is 5.92 Å². The van der Waals surface area contributed by atoms with Crippen LogP contribution in [0.15, 0.2) is 5.16 Å². The Morgan fingerprint density at radius 1 is 1.32 bits per heavy atom. The average molecular weight is 269 g/mol. The summed E-state index contributed by atoms with van der Waals surface area (Å²) in [5.74, 6) is 0.601. The molecule has 0 bridgehead atoms. The fourth-order valence-corrected chi connectivity index (χ4v) is 2.92. The minimum absolute atomic E-state index is 0.0159. The predicted molar refractivity (Wildman–Crippen MR) is 76.1 cm³/mol. The molecule has 0 aromatic rings. The van der Waals surface area contributed by atoms with Crippen molar-refractivity contribution >= 4 is 11.7 Å². The fourth-order valence-electron chi connectivity index (χ4n) is 2.92. The van der Waals surface area contributed by atoms with E-state index in [2.05, 4.69) is 10.5 Å².